The Morgan fingerprint density at radius 2 is 1.86 bits per heavy atom. The Hall–Kier alpha value is -2.17. The Bertz CT molecular complexity index is 848. The lowest BCUT2D eigenvalue weighted by Gasteiger charge is -2.10. The molecule has 0 spiro atoms. The van der Waals surface area contributed by atoms with Gasteiger partial charge < -0.3 is 0 Å². The number of nitrogens with one attached hydrogen (secondary N) is 1. The molecule has 0 saturated heterocycles. The molecule has 0 aliphatic carbocycles. The molecule has 0 bridgehead atoms. The summed E-state index contributed by atoms with van der Waals surface area (Å²) in [6.45, 7) is 0. The molecule has 4 nitrogen and oxygen atoms in total. The monoisotopic (exact) mass is 328 g/mol. The van der Waals surface area contributed by atoms with E-state index in [0.717, 1.165) is 12.1 Å². The molecule has 8 heteroatoms. The molecule has 0 heterocycles. The molecule has 0 atom stereocenters. The molecule has 0 aliphatic rings. The van der Waals surface area contributed by atoms with E-state index in [-0.39, 0.29) is 16.3 Å². The number of anilines is 1. The van der Waals surface area contributed by atoms with E-state index in [1.54, 1.807) is 6.07 Å². The second kappa shape index (κ2) is 5.68. The minimum absolute atomic E-state index is 0.0190. The first-order valence-electron chi connectivity index (χ1n) is 5.51. The van der Waals surface area contributed by atoms with Crippen LogP contribution in [-0.2, 0) is 10.0 Å². The fourth-order valence-electron chi connectivity index (χ4n) is 1.59. The molecule has 2 aromatic rings. The largest absolute Gasteiger partial charge is 0.278 e. The molecule has 0 fully saturated rings. The predicted octanol–water partition coefficient (Wildman–Crippen LogP) is 3.29. The Morgan fingerprint density at radius 3 is 2.48 bits per heavy atom. The van der Waals surface area contributed by atoms with Crippen molar-refractivity contribution in [2.45, 2.75) is 4.90 Å². The molecule has 0 unspecified atom stereocenters. The second-order valence-corrected chi connectivity index (χ2v) is 6.07. The number of hydrogen-bond acceptors (Lipinski definition) is 3. The number of nitriles is 1. The minimum atomic E-state index is -4.31. The van der Waals surface area contributed by atoms with Gasteiger partial charge in [0.1, 0.15) is 22.6 Å². The highest BCUT2D eigenvalue weighted by Gasteiger charge is 2.21. The Balaban J connectivity index is 2.47. The molecule has 0 amide bonds. The van der Waals surface area contributed by atoms with Gasteiger partial charge in [-0.15, -0.1) is 0 Å². The first-order valence-corrected chi connectivity index (χ1v) is 7.37. The zero-order chi connectivity index (χ0) is 15.6. The van der Waals surface area contributed by atoms with Gasteiger partial charge in [0.05, 0.1) is 11.3 Å². The molecule has 0 aliphatic heterocycles. The lowest BCUT2D eigenvalue weighted by atomic mass is 10.2. The molecular formula is C13H7ClF2N2O2S. The van der Waals surface area contributed by atoms with Crippen LogP contribution in [-0.4, -0.2) is 8.42 Å². The van der Waals surface area contributed by atoms with Crippen LogP contribution in [0.25, 0.3) is 0 Å². The molecular weight excluding hydrogens is 322 g/mol. The second-order valence-electron chi connectivity index (χ2n) is 3.98. The SMILES string of the molecule is N#Cc1ccc(Cl)cc1NS(=O)(=O)c1ccc(F)cc1F. The molecule has 2 rings (SSSR count). The fourth-order valence-corrected chi connectivity index (χ4v) is 2.89. The molecule has 2 aromatic carbocycles. The van der Waals surface area contributed by atoms with Gasteiger partial charge in [0, 0.05) is 11.1 Å². The summed E-state index contributed by atoms with van der Waals surface area (Å²) in [5, 5.41) is 9.12. The van der Waals surface area contributed by atoms with E-state index >= 15 is 0 Å². The average Bonchev–Trinajstić information content (AvgIpc) is 2.37. The normalized spacial score (nSPS) is 11.0. The predicted molar refractivity (Wildman–Crippen MR) is 73.3 cm³/mol. The third-order valence-electron chi connectivity index (χ3n) is 2.53. The summed E-state index contributed by atoms with van der Waals surface area (Å²) in [7, 11) is -4.31. The highest BCUT2D eigenvalue weighted by Crippen LogP contribution is 2.24. The van der Waals surface area contributed by atoms with E-state index in [2.05, 4.69) is 4.72 Å². The third-order valence-corrected chi connectivity index (χ3v) is 4.16. The van der Waals surface area contributed by atoms with Crippen molar-refractivity contribution in [3.8, 4) is 6.07 Å². The quantitative estimate of drug-likeness (QED) is 0.939. The number of nitrogens with zero attached hydrogens (tertiary/aromatic N) is 1. The van der Waals surface area contributed by atoms with E-state index in [4.69, 9.17) is 16.9 Å². The molecule has 108 valence electrons. The van der Waals surface area contributed by atoms with Crippen LogP contribution in [0, 0.1) is 23.0 Å². The van der Waals surface area contributed by atoms with E-state index in [1.165, 1.54) is 18.2 Å². The van der Waals surface area contributed by atoms with Crippen molar-refractivity contribution in [3.05, 3.63) is 58.6 Å². The third kappa shape index (κ3) is 3.29. The standard InChI is InChI=1S/C13H7ClF2N2O2S/c14-9-2-1-8(7-17)12(5-9)18-21(19,20)13-4-3-10(15)6-11(13)16/h1-6,18H. The summed E-state index contributed by atoms with van der Waals surface area (Å²) in [4.78, 5) is -0.729. The summed E-state index contributed by atoms with van der Waals surface area (Å²) in [6.07, 6.45) is 0. The van der Waals surface area contributed by atoms with Crippen molar-refractivity contribution in [2.75, 3.05) is 4.72 Å². The van der Waals surface area contributed by atoms with Crippen LogP contribution in [0.15, 0.2) is 41.3 Å². The summed E-state index contributed by atoms with van der Waals surface area (Å²) < 4.78 is 52.6. The number of benzene rings is 2. The summed E-state index contributed by atoms with van der Waals surface area (Å²) in [5.41, 5.74) is -0.0702. The Morgan fingerprint density at radius 1 is 1.14 bits per heavy atom. The van der Waals surface area contributed by atoms with Gasteiger partial charge >= 0.3 is 0 Å². The lowest BCUT2D eigenvalue weighted by Crippen LogP contribution is -2.15. The topological polar surface area (TPSA) is 70.0 Å². The van der Waals surface area contributed by atoms with Crippen LogP contribution in [0.3, 0.4) is 0 Å². The number of halogens is 3. The van der Waals surface area contributed by atoms with E-state index in [0.29, 0.717) is 6.07 Å². The summed E-state index contributed by atoms with van der Waals surface area (Å²) >= 11 is 5.73. The molecule has 1 N–H and O–H groups in total. The molecule has 0 radical (unpaired) electrons. The fraction of sp³-hybridized carbons (Fsp3) is 0. The Kier molecular flexibility index (Phi) is 4.11. The Labute approximate surface area is 124 Å². The number of sulfonamides is 1. The maximum absolute atomic E-state index is 13.6. The number of rotatable bonds is 3. The zero-order valence-corrected chi connectivity index (χ0v) is 11.8. The molecule has 0 saturated carbocycles. The highest BCUT2D eigenvalue weighted by atomic mass is 35.5. The highest BCUT2D eigenvalue weighted by molar-refractivity contribution is 7.92. The van der Waals surface area contributed by atoms with Gasteiger partial charge in [-0.05, 0) is 30.3 Å². The molecule has 21 heavy (non-hydrogen) atoms. The average molecular weight is 329 g/mol. The smallest absolute Gasteiger partial charge is 0.264 e. The minimum Gasteiger partial charge on any atom is -0.278 e. The van der Waals surface area contributed by atoms with Crippen LogP contribution in [0.5, 0.6) is 0 Å². The lowest BCUT2D eigenvalue weighted by molar-refractivity contribution is 0.551. The zero-order valence-electron chi connectivity index (χ0n) is 10.3. The van der Waals surface area contributed by atoms with Crippen LogP contribution in [0.2, 0.25) is 5.02 Å². The molecule has 0 aromatic heterocycles. The number of hydrogen-bond donors (Lipinski definition) is 1. The van der Waals surface area contributed by atoms with Gasteiger partial charge in [0.15, 0.2) is 0 Å². The maximum Gasteiger partial charge on any atom is 0.264 e. The summed E-state index contributed by atoms with van der Waals surface area (Å²) in [5.74, 6) is -2.13. The van der Waals surface area contributed by atoms with Gasteiger partial charge in [-0.1, -0.05) is 11.6 Å². The van der Waals surface area contributed by atoms with Gasteiger partial charge in [-0.2, -0.15) is 5.26 Å². The van der Waals surface area contributed by atoms with Gasteiger partial charge in [-0.25, -0.2) is 17.2 Å². The van der Waals surface area contributed by atoms with Gasteiger partial charge in [-0.3, -0.25) is 4.72 Å². The van der Waals surface area contributed by atoms with Gasteiger partial charge in [0.25, 0.3) is 10.0 Å². The van der Waals surface area contributed by atoms with E-state index < -0.39 is 26.6 Å². The van der Waals surface area contributed by atoms with Crippen LogP contribution < -0.4 is 4.72 Å². The first-order chi connectivity index (χ1) is 9.83. The van der Waals surface area contributed by atoms with Crippen LogP contribution >= 0.6 is 11.6 Å². The van der Waals surface area contributed by atoms with Crippen LogP contribution in [0.1, 0.15) is 5.56 Å². The van der Waals surface area contributed by atoms with Crippen molar-refractivity contribution < 1.29 is 17.2 Å². The first kappa shape index (κ1) is 15.2. The van der Waals surface area contributed by atoms with Crippen molar-refractivity contribution in [2.24, 2.45) is 0 Å². The van der Waals surface area contributed by atoms with Crippen molar-refractivity contribution >= 4 is 27.3 Å². The van der Waals surface area contributed by atoms with Crippen molar-refractivity contribution in [1.29, 1.82) is 5.26 Å². The van der Waals surface area contributed by atoms with E-state index in [1.807, 2.05) is 0 Å². The van der Waals surface area contributed by atoms with Crippen molar-refractivity contribution in [3.63, 3.8) is 0 Å². The van der Waals surface area contributed by atoms with E-state index in [9.17, 15) is 17.2 Å². The van der Waals surface area contributed by atoms with Gasteiger partial charge in [0.2, 0.25) is 0 Å². The summed E-state index contributed by atoms with van der Waals surface area (Å²) in [6, 6.07) is 7.81. The maximum atomic E-state index is 13.6. The van der Waals surface area contributed by atoms with Crippen LogP contribution in [0.4, 0.5) is 14.5 Å². The van der Waals surface area contributed by atoms with Crippen molar-refractivity contribution in [1.82, 2.24) is 0 Å².